The van der Waals surface area contributed by atoms with Crippen LogP contribution in [-0.4, -0.2) is 10.4 Å². The number of rotatable bonds is 3. The monoisotopic (exact) mass is 381 g/mol. The van der Waals surface area contributed by atoms with E-state index in [9.17, 15) is 4.79 Å². The minimum atomic E-state index is -0.121. The molecule has 2 heterocycles. The molecule has 0 amide bonds. The van der Waals surface area contributed by atoms with E-state index in [0.717, 1.165) is 23.8 Å². The van der Waals surface area contributed by atoms with Crippen LogP contribution in [0.25, 0.3) is 10.9 Å². The number of nitrogens with zero attached hydrogens (tertiary/aromatic N) is 2. The summed E-state index contributed by atoms with van der Waals surface area (Å²) in [4.78, 5) is 13.1. The fourth-order valence-corrected chi connectivity index (χ4v) is 4.61. The van der Waals surface area contributed by atoms with Crippen molar-refractivity contribution >= 4 is 16.7 Å². The Morgan fingerprint density at radius 3 is 2.72 bits per heavy atom. The Bertz CT molecular complexity index is 1210. The van der Waals surface area contributed by atoms with Crippen molar-refractivity contribution in [2.24, 2.45) is 0 Å². The van der Waals surface area contributed by atoms with Crippen LogP contribution in [0.1, 0.15) is 52.5 Å². The van der Waals surface area contributed by atoms with Gasteiger partial charge in [0.2, 0.25) is 11.8 Å². The van der Waals surface area contributed by atoms with Crippen molar-refractivity contribution in [3.8, 4) is 0 Å². The fraction of sp³-hybridized carbons (Fsp3) is 0.231. The van der Waals surface area contributed by atoms with Crippen LogP contribution < -0.4 is 4.57 Å². The van der Waals surface area contributed by atoms with Gasteiger partial charge in [-0.3, -0.25) is 4.79 Å². The molecule has 3 nitrogen and oxygen atoms in total. The summed E-state index contributed by atoms with van der Waals surface area (Å²) in [6.07, 6.45) is 8.15. The Morgan fingerprint density at radius 2 is 1.90 bits per heavy atom. The van der Waals surface area contributed by atoms with E-state index in [0.29, 0.717) is 0 Å². The first-order valence-electron chi connectivity index (χ1n) is 10.3. The third-order valence-corrected chi connectivity index (χ3v) is 6.26. The maximum Gasteiger partial charge on any atom is 0.230 e. The Hall–Kier alpha value is -3.20. The van der Waals surface area contributed by atoms with Gasteiger partial charge in [0.05, 0.1) is 16.9 Å². The van der Waals surface area contributed by atoms with Gasteiger partial charge in [-0.05, 0) is 37.5 Å². The van der Waals surface area contributed by atoms with Gasteiger partial charge in [-0.25, -0.2) is 0 Å². The minimum Gasteiger partial charge on any atom is -0.340 e. The zero-order valence-corrected chi connectivity index (χ0v) is 16.9. The van der Waals surface area contributed by atoms with Crippen molar-refractivity contribution < 1.29 is 9.36 Å². The number of aryl methyl sites for hydroxylation is 2. The van der Waals surface area contributed by atoms with E-state index in [-0.39, 0.29) is 17.9 Å². The Morgan fingerprint density at radius 1 is 1.07 bits per heavy atom. The molecule has 1 aliphatic carbocycles. The Balaban J connectivity index is 1.49. The maximum atomic E-state index is 13.1. The molecule has 29 heavy (non-hydrogen) atoms. The number of carbonyl (C=O) groups excluding carboxylic acids is 1. The summed E-state index contributed by atoms with van der Waals surface area (Å²) in [5.74, 6) is 0.229. The third-order valence-electron chi connectivity index (χ3n) is 6.26. The van der Waals surface area contributed by atoms with Crippen molar-refractivity contribution in [3.05, 3.63) is 102 Å². The summed E-state index contributed by atoms with van der Waals surface area (Å²) in [6, 6.07) is 21.2. The quantitative estimate of drug-likeness (QED) is 0.447. The van der Waals surface area contributed by atoms with Gasteiger partial charge in [-0.1, -0.05) is 54.1 Å². The SMILES string of the molecule is Cc1ccc2c(c1)CCC([n+]1ccc3c(ccn3C(C)c3ccccc3)c1)C2=O. The van der Waals surface area contributed by atoms with E-state index < -0.39 is 0 Å². The highest BCUT2D eigenvalue weighted by molar-refractivity contribution is 6.00. The van der Waals surface area contributed by atoms with Crippen LogP contribution in [0.3, 0.4) is 0 Å². The standard InChI is InChI=1S/C26H25N2O/c1-18-8-10-23-21(16-18)9-11-25(26(23)29)27-14-13-24-22(17-27)12-15-28(24)19(2)20-6-4-3-5-7-20/h3-8,10,12-17,19,25H,9,11H2,1-2H3/q+1. The molecule has 2 aromatic carbocycles. The Labute approximate surface area is 171 Å². The predicted octanol–water partition coefficient (Wildman–Crippen LogP) is 5.22. The third kappa shape index (κ3) is 3.07. The average Bonchev–Trinajstić information content (AvgIpc) is 3.17. The molecule has 0 saturated heterocycles. The summed E-state index contributed by atoms with van der Waals surface area (Å²) in [5.41, 5.74) is 5.77. The van der Waals surface area contributed by atoms with E-state index in [1.165, 1.54) is 22.2 Å². The number of Topliss-reactive ketones (excluding diaryl/α,β-unsaturated/α-hetero) is 1. The summed E-state index contributed by atoms with van der Waals surface area (Å²) in [6.45, 7) is 4.31. The average molecular weight is 381 g/mol. The molecule has 2 aromatic heterocycles. The number of aromatic nitrogens is 2. The number of benzene rings is 2. The van der Waals surface area contributed by atoms with Crippen molar-refractivity contribution in [2.75, 3.05) is 0 Å². The minimum absolute atomic E-state index is 0.121. The lowest BCUT2D eigenvalue weighted by Gasteiger charge is -2.20. The van der Waals surface area contributed by atoms with Crippen molar-refractivity contribution in [3.63, 3.8) is 0 Å². The van der Waals surface area contributed by atoms with E-state index >= 15 is 0 Å². The largest absolute Gasteiger partial charge is 0.340 e. The lowest BCUT2D eigenvalue weighted by Crippen LogP contribution is -2.45. The first-order chi connectivity index (χ1) is 14.1. The molecule has 3 heteroatoms. The van der Waals surface area contributed by atoms with E-state index in [2.05, 4.69) is 84.0 Å². The summed E-state index contributed by atoms with van der Waals surface area (Å²) >= 11 is 0. The second-order valence-electron chi connectivity index (χ2n) is 8.12. The summed E-state index contributed by atoms with van der Waals surface area (Å²) < 4.78 is 4.40. The van der Waals surface area contributed by atoms with E-state index in [4.69, 9.17) is 0 Å². The molecule has 0 radical (unpaired) electrons. The number of pyridine rings is 1. The first-order valence-corrected chi connectivity index (χ1v) is 10.3. The van der Waals surface area contributed by atoms with Crippen LogP contribution in [0, 0.1) is 6.92 Å². The fourth-order valence-electron chi connectivity index (χ4n) is 4.61. The lowest BCUT2D eigenvalue weighted by molar-refractivity contribution is -0.707. The van der Waals surface area contributed by atoms with Gasteiger partial charge >= 0.3 is 0 Å². The van der Waals surface area contributed by atoms with E-state index in [1.807, 2.05) is 18.2 Å². The van der Waals surface area contributed by atoms with Gasteiger partial charge in [-0.2, -0.15) is 4.57 Å². The molecule has 144 valence electrons. The molecule has 0 N–H and O–H groups in total. The molecule has 0 spiro atoms. The van der Waals surface area contributed by atoms with Gasteiger partial charge in [0.1, 0.15) is 0 Å². The second kappa shape index (κ2) is 7.00. The molecule has 5 rings (SSSR count). The molecule has 4 aromatic rings. The van der Waals surface area contributed by atoms with Gasteiger partial charge in [0.25, 0.3) is 0 Å². The molecule has 2 unspecified atom stereocenters. The Kier molecular flexibility index (Phi) is 4.31. The summed E-state index contributed by atoms with van der Waals surface area (Å²) in [7, 11) is 0. The highest BCUT2D eigenvalue weighted by Crippen LogP contribution is 2.28. The van der Waals surface area contributed by atoms with Crippen molar-refractivity contribution in [1.29, 1.82) is 0 Å². The highest BCUT2D eigenvalue weighted by Gasteiger charge is 2.34. The second-order valence-corrected chi connectivity index (χ2v) is 8.12. The zero-order chi connectivity index (χ0) is 20.0. The number of hydrogen-bond donors (Lipinski definition) is 0. The molecule has 1 aliphatic rings. The van der Waals surface area contributed by atoms with Crippen LogP contribution in [0.4, 0.5) is 0 Å². The molecule has 0 saturated carbocycles. The van der Waals surface area contributed by atoms with Crippen LogP contribution in [0.15, 0.2) is 79.3 Å². The lowest BCUT2D eigenvalue weighted by atomic mass is 9.86. The molecule has 0 bridgehead atoms. The number of hydrogen-bond acceptors (Lipinski definition) is 1. The van der Waals surface area contributed by atoms with Gasteiger partial charge in [0.15, 0.2) is 12.4 Å². The van der Waals surface area contributed by atoms with Crippen molar-refractivity contribution in [2.45, 2.75) is 38.8 Å². The smallest absolute Gasteiger partial charge is 0.230 e. The molecule has 2 atom stereocenters. The van der Waals surface area contributed by atoms with Crippen LogP contribution >= 0.6 is 0 Å². The molecule has 0 aliphatic heterocycles. The number of fused-ring (bicyclic) bond motifs is 2. The molecule has 0 fully saturated rings. The maximum absolute atomic E-state index is 13.1. The van der Waals surface area contributed by atoms with Gasteiger partial charge in [0, 0.05) is 24.2 Å². The van der Waals surface area contributed by atoms with Crippen molar-refractivity contribution in [1.82, 2.24) is 4.57 Å². The molecular formula is C26H25N2O+. The topological polar surface area (TPSA) is 25.9 Å². The van der Waals surface area contributed by atoms with Gasteiger partial charge in [-0.15, -0.1) is 0 Å². The predicted molar refractivity (Wildman–Crippen MR) is 115 cm³/mol. The molecular weight excluding hydrogens is 356 g/mol. The normalized spacial score (nSPS) is 17.3. The summed E-state index contributed by atoms with van der Waals surface area (Å²) in [5, 5.41) is 1.16. The zero-order valence-electron chi connectivity index (χ0n) is 16.9. The first kappa shape index (κ1) is 17.9. The number of ketones is 1. The van der Waals surface area contributed by atoms with Crippen LogP contribution in [0.2, 0.25) is 0 Å². The van der Waals surface area contributed by atoms with Crippen LogP contribution in [-0.2, 0) is 6.42 Å². The van der Waals surface area contributed by atoms with E-state index in [1.54, 1.807) is 0 Å². The highest BCUT2D eigenvalue weighted by atomic mass is 16.1. The number of carbonyl (C=O) groups is 1. The van der Waals surface area contributed by atoms with Gasteiger partial charge < -0.3 is 4.57 Å². The van der Waals surface area contributed by atoms with Crippen LogP contribution in [0.5, 0.6) is 0 Å².